The second-order valence-electron chi connectivity index (χ2n) is 4.52. The van der Waals surface area contributed by atoms with Gasteiger partial charge in [0.1, 0.15) is 11.6 Å². The van der Waals surface area contributed by atoms with Gasteiger partial charge in [-0.05, 0) is 31.2 Å². The largest absolute Gasteiger partial charge is 0.493 e. The molecule has 0 aliphatic heterocycles. The van der Waals surface area contributed by atoms with Gasteiger partial charge in [-0.25, -0.2) is 8.78 Å². The topological polar surface area (TPSA) is 47.6 Å². The maximum atomic E-state index is 13.5. The smallest absolute Gasteiger partial charge is 0.265 e. The van der Waals surface area contributed by atoms with Crippen LogP contribution in [0.3, 0.4) is 0 Å². The number of halogens is 2. The van der Waals surface area contributed by atoms with E-state index in [-0.39, 0.29) is 5.69 Å². The summed E-state index contributed by atoms with van der Waals surface area (Å²) in [4.78, 5) is 12.0. The van der Waals surface area contributed by atoms with Gasteiger partial charge in [-0.1, -0.05) is 12.1 Å². The van der Waals surface area contributed by atoms with Gasteiger partial charge in [0.2, 0.25) is 0 Å². The molecule has 22 heavy (non-hydrogen) atoms. The van der Waals surface area contributed by atoms with E-state index in [4.69, 9.17) is 9.47 Å². The van der Waals surface area contributed by atoms with Crippen LogP contribution < -0.4 is 14.8 Å². The van der Waals surface area contributed by atoms with Gasteiger partial charge in [-0.2, -0.15) is 0 Å². The van der Waals surface area contributed by atoms with Crippen molar-refractivity contribution in [3.63, 3.8) is 0 Å². The molecule has 116 valence electrons. The van der Waals surface area contributed by atoms with Crippen molar-refractivity contribution in [1.29, 1.82) is 0 Å². The van der Waals surface area contributed by atoms with Gasteiger partial charge < -0.3 is 14.8 Å². The molecule has 2 rings (SSSR count). The number of carbonyl (C=O) groups is 1. The summed E-state index contributed by atoms with van der Waals surface area (Å²) in [6, 6.07) is 9.76. The van der Waals surface area contributed by atoms with E-state index in [0.717, 1.165) is 12.1 Å². The molecule has 0 bridgehead atoms. The standard InChI is InChI=1S/C16H15F2NO3/c1-10(22-15-6-4-3-5-14(15)21-2)16(20)19-13-8-7-11(17)9-12(13)18/h3-10H,1-2H3,(H,19,20)/t10-/m1/s1. The highest BCUT2D eigenvalue weighted by atomic mass is 19.1. The Morgan fingerprint density at radius 3 is 2.45 bits per heavy atom. The molecule has 0 fully saturated rings. The quantitative estimate of drug-likeness (QED) is 0.921. The summed E-state index contributed by atoms with van der Waals surface area (Å²) in [6.45, 7) is 1.52. The van der Waals surface area contributed by atoms with Crippen LogP contribution in [0.2, 0.25) is 0 Å². The summed E-state index contributed by atoms with van der Waals surface area (Å²) in [6.07, 6.45) is -0.888. The Balaban J connectivity index is 2.06. The predicted octanol–water partition coefficient (Wildman–Crippen LogP) is 3.38. The molecule has 1 N–H and O–H groups in total. The average molecular weight is 307 g/mol. The van der Waals surface area contributed by atoms with Gasteiger partial charge in [-0.15, -0.1) is 0 Å². The maximum Gasteiger partial charge on any atom is 0.265 e. The minimum absolute atomic E-state index is 0.109. The first-order valence-corrected chi connectivity index (χ1v) is 6.57. The highest BCUT2D eigenvalue weighted by molar-refractivity contribution is 5.94. The summed E-state index contributed by atoms with van der Waals surface area (Å²) in [7, 11) is 1.49. The monoisotopic (exact) mass is 307 g/mol. The Morgan fingerprint density at radius 1 is 1.14 bits per heavy atom. The van der Waals surface area contributed by atoms with Gasteiger partial charge in [-0.3, -0.25) is 4.79 Å². The summed E-state index contributed by atoms with van der Waals surface area (Å²) in [5.74, 6) is -1.24. The highest BCUT2D eigenvalue weighted by Gasteiger charge is 2.18. The zero-order valence-corrected chi connectivity index (χ0v) is 12.1. The lowest BCUT2D eigenvalue weighted by atomic mass is 10.2. The number of ether oxygens (including phenoxy) is 2. The van der Waals surface area contributed by atoms with Crippen molar-refractivity contribution in [2.24, 2.45) is 0 Å². The Bertz CT molecular complexity index is 676. The number of amides is 1. The number of carbonyl (C=O) groups excluding carboxylic acids is 1. The first-order chi connectivity index (χ1) is 10.5. The molecule has 0 spiro atoms. The number of hydrogen-bond acceptors (Lipinski definition) is 3. The third kappa shape index (κ3) is 3.72. The number of benzene rings is 2. The number of hydrogen-bond donors (Lipinski definition) is 1. The normalized spacial score (nSPS) is 11.6. The Morgan fingerprint density at radius 2 is 1.82 bits per heavy atom. The molecule has 6 heteroatoms. The van der Waals surface area contributed by atoms with Crippen molar-refractivity contribution >= 4 is 11.6 Å². The van der Waals surface area contributed by atoms with Crippen LogP contribution in [0.15, 0.2) is 42.5 Å². The third-order valence-electron chi connectivity index (χ3n) is 2.93. The van der Waals surface area contributed by atoms with Crippen molar-refractivity contribution in [2.45, 2.75) is 13.0 Å². The van der Waals surface area contributed by atoms with Crippen LogP contribution in [-0.2, 0) is 4.79 Å². The minimum Gasteiger partial charge on any atom is -0.493 e. The maximum absolute atomic E-state index is 13.5. The molecule has 4 nitrogen and oxygen atoms in total. The lowest BCUT2D eigenvalue weighted by molar-refractivity contribution is -0.122. The Kier molecular flexibility index (Phi) is 4.93. The van der Waals surface area contributed by atoms with Crippen molar-refractivity contribution in [1.82, 2.24) is 0 Å². The van der Waals surface area contributed by atoms with Gasteiger partial charge in [0.15, 0.2) is 17.6 Å². The van der Waals surface area contributed by atoms with Gasteiger partial charge in [0, 0.05) is 6.07 Å². The molecule has 2 aromatic rings. The van der Waals surface area contributed by atoms with E-state index in [9.17, 15) is 13.6 Å². The molecule has 0 saturated carbocycles. The van der Waals surface area contributed by atoms with Gasteiger partial charge >= 0.3 is 0 Å². The second kappa shape index (κ2) is 6.89. The predicted molar refractivity (Wildman–Crippen MR) is 78.1 cm³/mol. The van der Waals surface area contributed by atoms with Crippen LogP contribution in [0, 0.1) is 11.6 Å². The Hall–Kier alpha value is -2.63. The van der Waals surface area contributed by atoms with Crippen molar-refractivity contribution in [3.8, 4) is 11.5 Å². The molecule has 0 saturated heterocycles. The van der Waals surface area contributed by atoms with Crippen LogP contribution in [-0.4, -0.2) is 19.1 Å². The van der Waals surface area contributed by atoms with Crippen LogP contribution in [0.25, 0.3) is 0 Å². The van der Waals surface area contributed by atoms with E-state index in [0.29, 0.717) is 17.6 Å². The van der Waals surface area contributed by atoms with Crippen LogP contribution >= 0.6 is 0 Å². The molecular formula is C16H15F2NO3. The molecule has 2 aromatic carbocycles. The van der Waals surface area contributed by atoms with Crippen LogP contribution in [0.4, 0.5) is 14.5 Å². The molecular weight excluding hydrogens is 292 g/mol. The minimum atomic E-state index is -0.888. The summed E-state index contributed by atoms with van der Waals surface area (Å²) < 4.78 is 36.9. The second-order valence-corrected chi connectivity index (χ2v) is 4.52. The van der Waals surface area contributed by atoms with E-state index in [1.54, 1.807) is 24.3 Å². The molecule has 0 aliphatic rings. The van der Waals surface area contributed by atoms with Crippen molar-refractivity contribution in [2.75, 3.05) is 12.4 Å². The zero-order chi connectivity index (χ0) is 16.1. The molecule has 0 aliphatic carbocycles. The molecule has 1 atom stereocenters. The first kappa shape index (κ1) is 15.8. The molecule has 0 heterocycles. The average Bonchev–Trinajstić information content (AvgIpc) is 2.50. The number of methoxy groups -OCH3 is 1. The number of nitrogens with one attached hydrogen (secondary N) is 1. The van der Waals surface area contributed by atoms with Crippen LogP contribution in [0.1, 0.15) is 6.92 Å². The summed E-state index contributed by atoms with van der Waals surface area (Å²) in [5.41, 5.74) is -0.109. The number of para-hydroxylation sites is 2. The zero-order valence-electron chi connectivity index (χ0n) is 12.1. The van der Waals surface area contributed by atoms with Crippen molar-refractivity contribution in [3.05, 3.63) is 54.1 Å². The van der Waals surface area contributed by atoms with E-state index >= 15 is 0 Å². The molecule has 0 unspecified atom stereocenters. The fraction of sp³-hybridized carbons (Fsp3) is 0.188. The third-order valence-corrected chi connectivity index (χ3v) is 2.93. The summed E-state index contributed by atoms with van der Waals surface area (Å²) in [5, 5.41) is 2.35. The first-order valence-electron chi connectivity index (χ1n) is 6.57. The molecule has 1 amide bonds. The fourth-order valence-corrected chi connectivity index (χ4v) is 1.79. The van der Waals surface area contributed by atoms with Gasteiger partial charge in [0.25, 0.3) is 5.91 Å². The molecule has 0 radical (unpaired) electrons. The van der Waals surface area contributed by atoms with Crippen LogP contribution in [0.5, 0.6) is 11.5 Å². The fourth-order valence-electron chi connectivity index (χ4n) is 1.79. The van der Waals surface area contributed by atoms with E-state index < -0.39 is 23.6 Å². The van der Waals surface area contributed by atoms with E-state index in [1.807, 2.05) is 0 Å². The Labute approximate surface area is 126 Å². The van der Waals surface area contributed by atoms with Gasteiger partial charge in [0.05, 0.1) is 12.8 Å². The highest BCUT2D eigenvalue weighted by Crippen LogP contribution is 2.27. The summed E-state index contributed by atoms with van der Waals surface area (Å²) >= 11 is 0. The lowest BCUT2D eigenvalue weighted by Gasteiger charge is -2.16. The van der Waals surface area contributed by atoms with Crippen molar-refractivity contribution < 1.29 is 23.0 Å². The van der Waals surface area contributed by atoms with E-state index in [1.165, 1.54) is 14.0 Å². The lowest BCUT2D eigenvalue weighted by Crippen LogP contribution is -2.30. The number of anilines is 1. The number of rotatable bonds is 5. The van der Waals surface area contributed by atoms with E-state index in [2.05, 4.69) is 5.32 Å². The SMILES string of the molecule is COc1ccccc1O[C@H](C)C(=O)Nc1ccc(F)cc1F. The molecule has 0 aromatic heterocycles.